The van der Waals surface area contributed by atoms with E-state index < -0.39 is 11.9 Å². The highest BCUT2D eigenvalue weighted by atomic mass is 19.1. The molecule has 0 spiro atoms. The molecular weight excluding hydrogens is 343 g/mol. The van der Waals surface area contributed by atoms with Gasteiger partial charge in [-0.1, -0.05) is 12.1 Å². The molecule has 0 saturated carbocycles. The van der Waals surface area contributed by atoms with Crippen LogP contribution in [0.4, 0.5) is 4.39 Å². The Kier molecular flexibility index (Phi) is 7.31. The first-order valence-corrected chi connectivity index (χ1v) is 8.12. The highest BCUT2D eigenvalue weighted by molar-refractivity contribution is 6.27. The molecule has 0 aliphatic carbocycles. The Hall–Kier alpha value is -2.71. The number of carbonyl (C=O) groups is 2. The summed E-state index contributed by atoms with van der Waals surface area (Å²) in [7, 11) is 0. The molecule has 0 radical (unpaired) electrons. The third-order valence-electron chi connectivity index (χ3n) is 3.90. The Morgan fingerprint density at radius 1 is 0.962 bits per heavy atom. The lowest BCUT2D eigenvalue weighted by molar-refractivity contribution is -0.159. The Morgan fingerprint density at radius 3 is 2.08 bits per heavy atom. The van der Waals surface area contributed by atoms with Crippen molar-refractivity contribution in [3.05, 3.63) is 59.8 Å². The number of halogens is 1. The third kappa shape index (κ3) is 6.66. The highest BCUT2D eigenvalue weighted by Gasteiger charge is 2.17. The molecule has 0 bridgehead atoms. The normalized spacial score (nSPS) is 15.1. The summed E-state index contributed by atoms with van der Waals surface area (Å²) in [6.45, 7) is 5.77. The van der Waals surface area contributed by atoms with E-state index in [0.717, 1.165) is 50.6 Å². The first-order valence-electron chi connectivity index (χ1n) is 8.12. The fourth-order valence-corrected chi connectivity index (χ4v) is 2.62. The van der Waals surface area contributed by atoms with E-state index in [2.05, 4.69) is 9.80 Å². The molecule has 140 valence electrons. The summed E-state index contributed by atoms with van der Waals surface area (Å²) in [5.41, 5.74) is 1.05. The lowest BCUT2D eigenvalue weighted by Gasteiger charge is -2.34. The molecule has 1 fully saturated rings. The second kappa shape index (κ2) is 9.69. The average molecular weight is 364 g/mol. The zero-order chi connectivity index (χ0) is 18.9. The van der Waals surface area contributed by atoms with Gasteiger partial charge in [-0.2, -0.15) is 0 Å². The van der Waals surface area contributed by atoms with Crippen LogP contribution in [0.5, 0.6) is 0 Å². The maximum atomic E-state index is 13.2. The lowest BCUT2D eigenvalue weighted by Crippen LogP contribution is -2.45. The number of carboxylic acid groups (broad SMARTS) is 2. The van der Waals surface area contributed by atoms with E-state index in [1.807, 2.05) is 18.2 Å². The van der Waals surface area contributed by atoms with Crippen LogP contribution in [0, 0.1) is 5.82 Å². The number of benzene rings is 1. The van der Waals surface area contributed by atoms with Gasteiger partial charge in [-0.25, -0.2) is 14.0 Å². The first kappa shape index (κ1) is 19.6. The number of piperazine rings is 1. The minimum absolute atomic E-state index is 0.154. The number of carboxylic acids is 2. The number of furan rings is 1. The van der Waals surface area contributed by atoms with Gasteiger partial charge >= 0.3 is 11.9 Å². The number of rotatable bonds is 4. The molecule has 0 amide bonds. The maximum Gasteiger partial charge on any atom is 0.414 e. The number of nitrogens with zero attached hydrogens (tertiary/aromatic N) is 2. The van der Waals surface area contributed by atoms with Crippen LogP contribution in [0.3, 0.4) is 0 Å². The number of hydrogen-bond acceptors (Lipinski definition) is 5. The molecule has 26 heavy (non-hydrogen) atoms. The molecule has 8 heteroatoms. The summed E-state index contributed by atoms with van der Waals surface area (Å²) in [6, 6.07) is 10.8. The minimum atomic E-state index is -1.82. The van der Waals surface area contributed by atoms with Crippen molar-refractivity contribution in [2.75, 3.05) is 26.2 Å². The summed E-state index contributed by atoms with van der Waals surface area (Å²) < 4.78 is 18.5. The average Bonchev–Trinajstić information content (AvgIpc) is 3.10. The van der Waals surface area contributed by atoms with Gasteiger partial charge in [0.25, 0.3) is 0 Å². The van der Waals surface area contributed by atoms with Gasteiger partial charge in [0.1, 0.15) is 11.6 Å². The Labute approximate surface area is 150 Å². The molecule has 1 aliphatic rings. The highest BCUT2D eigenvalue weighted by Crippen LogP contribution is 2.12. The Morgan fingerprint density at radius 2 is 1.58 bits per heavy atom. The largest absolute Gasteiger partial charge is 0.473 e. The van der Waals surface area contributed by atoms with Crippen LogP contribution < -0.4 is 0 Å². The SMILES string of the molecule is Fc1cccc(CN2CCN(Cc3ccco3)CC2)c1.O=C(O)C(=O)O. The second-order valence-electron chi connectivity index (χ2n) is 5.87. The van der Waals surface area contributed by atoms with E-state index in [0.29, 0.717) is 0 Å². The van der Waals surface area contributed by atoms with Crippen LogP contribution in [0.15, 0.2) is 47.1 Å². The van der Waals surface area contributed by atoms with Crippen LogP contribution in [0.25, 0.3) is 0 Å². The molecule has 2 heterocycles. The molecule has 1 aliphatic heterocycles. The van der Waals surface area contributed by atoms with Gasteiger partial charge in [-0.05, 0) is 29.8 Å². The van der Waals surface area contributed by atoms with Crippen molar-refractivity contribution in [3.63, 3.8) is 0 Å². The van der Waals surface area contributed by atoms with Crippen LogP contribution in [0.1, 0.15) is 11.3 Å². The fourth-order valence-electron chi connectivity index (χ4n) is 2.62. The molecule has 7 nitrogen and oxygen atoms in total. The zero-order valence-corrected chi connectivity index (χ0v) is 14.2. The van der Waals surface area contributed by atoms with Crippen molar-refractivity contribution in [2.24, 2.45) is 0 Å². The molecular formula is C18H21FN2O5. The molecule has 3 rings (SSSR count). The van der Waals surface area contributed by atoms with Crippen molar-refractivity contribution in [1.29, 1.82) is 0 Å². The molecule has 0 unspecified atom stereocenters. The third-order valence-corrected chi connectivity index (χ3v) is 3.90. The summed E-state index contributed by atoms with van der Waals surface area (Å²) in [5.74, 6) is -2.78. The minimum Gasteiger partial charge on any atom is -0.473 e. The van der Waals surface area contributed by atoms with E-state index >= 15 is 0 Å². The Bertz CT molecular complexity index is 700. The van der Waals surface area contributed by atoms with Crippen molar-refractivity contribution in [3.8, 4) is 0 Å². The molecule has 0 atom stereocenters. The van der Waals surface area contributed by atoms with E-state index in [9.17, 15) is 4.39 Å². The van der Waals surface area contributed by atoms with E-state index in [-0.39, 0.29) is 5.82 Å². The van der Waals surface area contributed by atoms with Gasteiger partial charge in [0, 0.05) is 32.7 Å². The lowest BCUT2D eigenvalue weighted by atomic mass is 10.2. The summed E-state index contributed by atoms with van der Waals surface area (Å²) >= 11 is 0. The predicted molar refractivity (Wildman–Crippen MR) is 90.9 cm³/mol. The number of aliphatic carboxylic acids is 2. The van der Waals surface area contributed by atoms with Crippen LogP contribution >= 0.6 is 0 Å². The van der Waals surface area contributed by atoms with Crippen molar-refractivity contribution < 1.29 is 28.6 Å². The summed E-state index contributed by atoms with van der Waals surface area (Å²) in [6.07, 6.45) is 1.72. The first-order chi connectivity index (χ1) is 12.4. The van der Waals surface area contributed by atoms with Crippen molar-refractivity contribution in [1.82, 2.24) is 9.80 Å². The molecule has 1 saturated heterocycles. The van der Waals surface area contributed by atoms with Gasteiger partial charge in [-0.15, -0.1) is 0 Å². The van der Waals surface area contributed by atoms with Gasteiger partial charge in [-0.3, -0.25) is 9.80 Å². The quantitative estimate of drug-likeness (QED) is 0.800. The smallest absolute Gasteiger partial charge is 0.414 e. The molecule has 2 aromatic rings. The predicted octanol–water partition coefficient (Wildman–Crippen LogP) is 1.89. The van der Waals surface area contributed by atoms with Crippen LogP contribution in [0.2, 0.25) is 0 Å². The fraction of sp³-hybridized carbons (Fsp3) is 0.333. The van der Waals surface area contributed by atoms with Gasteiger partial charge in [0.2, 0.25) is 0 Å². The second-order valence-corrected chi connectivity index (χ2v) is 5.87. The Balaban J connectivity index is 0.000000352. The summed E-state index contributed by atoms with van der Waals surface area (Å²) in [5, 5.41) is 14.8. The van der Waals surface area contributed by atoms with Crippen molar-refractivity contribution in [2.45, 2.75) is 13.1 Å². The monoisotopic (exact) mass is 364 g/mol. The van der Waals surface area contributed by atoms with Crippen molar-refractivity contribution >= 4 is 11.9 Å². The van der Waals surface area contributed by atoms with Crippen LogP contribution in [-0.4, -0.2) is 58.1 Å². The molecule has 1 aromatic heterocycles. The topological polar surface area (TPSA) is 94.2 Å². The van der Waals surface area contributed by atoms with Gasteiger partial charge in [0.05, 0.1) is 12.8 Å². The standard InChI is InChI=1S/C16H19FN2O.C2H2O4/c17-15-4-1-3-14(11-15)12-18-6-8-19(9-7-18)13-16-5-2-10-20-16;3-1(4)2(5)6/h1-5,10-11H,6-9,12-13H2;(H,3,4)(H,5,6). The molecule has 1 aromatic carbocycles. The summed E-state index contributed by atoms with van der Waals surface area (Å²) in [4.78, 5) is 23.0. The van der Waals surface area contributed by atoms with Gasteiger partial charge < -0.3 is 14.6 Å². The van der Waals surface area contributed by atoms with E-state index in [1.165, 1.54) is 6.07 Å². The van der Waals surface area contributed by atoms with Crippen LogP contribution in [-0.2, 0) is 22.7 Å². The number of hydrogen-bond donors (Lipinski definition) is 2. The van der Waals surface area contributed by atoms with E-state index in [4.69, 9.17) is 24.2 Å². The molecule has 2 N–H and O–H groups in total. The maximum absolute atomic E-state index is 13.2. The van der Waals surface area contributed by atoms with E-state index in [1.54, 1.807) is 18.4 Å². The van der Waals surface area contributed by atoms with Gasteiger partial charge in [0.15, 0.2) is 0 Å². The zero-order valence-electron chi connectivity index (χ0n) is 14.2.